The van der Waals surface area contributed by atoms with Crippen LogP contribution in [0.2, 0.25) is 0 Å². The Morgan fingerprint density at radius 2 is 1.80 bits per heavy atom. The molecule has 0 atom stereocenters. The first kappa shape index (κ1) is 30.4. The van der Waals surface area contributed by atoms with Crippen molar-refractivity contribution in [2.45, 2.75) is 46.4 Å². The van der Waals surface area contributed by atoms with E-state index in [-0.39, 0.29) is 13.0 Å². The van der Waals surface area contributed by atoms with Gasteiger partial charge in [0.25, 0.3) is 0 Å². The second kappa shape index (κ2) is 14.4. The van der Waals surface area contributed by atoms with Crippen molar-refractivity contribution in [1.82, 2.24) is 10.3 Å². The van der Waals surface area contributed by atoms with Gasteiger partial charge >= 0.3 is 5.97 Å². The molecule has 1 aromatic heterocycles. The average molecular weight is 594 g/mol. The van der Waals surface area contributed by atoms with Crippen LogP contribution in [-0.4, -0.2) is 35.8 Å². The summed E-state index contributed by atoms with van der Waals surface area (Å²) in [5.74, 6) is 2.04. The fraction of sp³-hybridized carbons (Fsp3) is 0.286. The summed E-state index contributed by atoms with van der Waals surface area (Å²) < 4.78 is 24.1. The van der Waals surface area contributed by atoms with E-state index in [0.29, 0.717) is 56.4 Å². The smallest absolute Gasteiger partial charge is 0.303 e. The minimum Gasteiger partial charge on any atom is -0.488 e. The largest absolute Gasteiger partial charge is 0.488 e. The van der Waals surface area contributed by atoms with Crippen molar-refractivity contribution in [2.24, 2.45) is 0 Å². The second-order valence-electron chi connectivity index (χ2n) is 10.6. The monoisotopic (exact) mass is 593 g/mol. The molecule has 5 rings (SSSR count). The van der Waals surface area contributed by atoms with Crippen molar-refractivity contribution >= 4 is 5.97 Å². The molecule has 0 saturated heterocycles. The molecule has 2 heterocycles. The third-order valence-corrected chi connectivity index (χ3v) is 7.42. The molecular weight excluding hydrogens is 558 g/mol. The Morgan fingerprint density at radius 3 is 2.61 bits per heavy atom. The van der Waals surface area contributed by atoms with Gasteiger partial charge in [0.2, 0.25) is 0 Å². The highest BCUT2D eigenvalue weighted by Crippen LogP contribution is 2.36. The Morgan fingerprint density at radius 1 is 0.977 bits per heavy atom. The van der Waals surface area contributed by atoms with Gasteiger partial charge in [-0.15, -0.1) is 0 Å². The zero-order valence-corrected chi connectivity index (χ0v) is 24.9. The standard InChI is InChI=1S/C35H35N3O6/c1-23-13-29(20-37-10-4-7-35(39)40)33(43-21-26-14-25(17-36)18-38-19-26)16-32(23)44-22-28-5-3-6-30(24(28)2)27-8-9-31-34(15-27)42-12-11-41-31/h3,5-6,8-9,13-16,18-19,37H,4,7,10-12,20-22H2,1-2H3,(H,39,40). The molecule has 9 heteroatoms. The van der Waals surface area contributed by atoms with Gasteiger partial charge in [0.1, 0.15) is 44.0 Å². The highest BCUT2D eigenvalue weighted by Gasteiger charge is 2.16. The number of pyridine rings is 1. The van der Waals surface area contributed by atoms with Crippen molar-refractivity contribution in [1.29, 1.82) is 5.26 Å². The van der Waals surface area contributed by atoms with Crippen molar-refractivity contribution in [3.05, 3.63) is 100 Å². The Hall–Kier alpha value is -5.07. The maximum Gasteiger partial charge on any atom is 0.303 e. The van der Waals surface area contributed by atoms with Gasteiger partial charge in [-0.1, -0.05) is 24.3 Å². The number of aryl methyl sites for hydroxylation is 1. The van der Waals surface area contributed by atoms with E-state index in [1.807, 2.05) is 43.3 Å². The van der Waals surface area contributed by atoms with E-state index in [4.69, 9.17) is 24.1 Å². The Balaban J connectivity index is 1.33. The predicted molar refractivity (Wildman–Crippen MR) is 165 cm³/mol. The van der Waals surface area contributed by atoms with Crippen LogP contribution < -0.4 is 24.3 Å². The van der Waals surface area contributed by atoms with E-state index >= 15 is 0 Å². The second-order valence-corrected chi connectivity index (χ2v) is 10.6. The minimum atomic E-state index is -0.812. The summed E-state index contributed by atoms with van der Waals surface area (Å²) in [6.45, 7) is 6.84. The minimum absolute atomic E-state index is 0.111. The maximum atomic E-state index is 10.9. The highest BCUT2D eigenvalue weighted by atomic mass is 16.6. The van der Waals surface area contributed by atoms with Gasteiger partial charge in [-0.25, -0.2) is 0 Å². The van der Waals surface area contributed by atoms with E-state index in [0.717, 1.165) is 50.4 Å². The first-order valence-electron chi connectivity index (χ1n) is 14.6. The number of carboxylic acid groups (broad SMARTS) is 1. The Bertz CT molecular complexity index is 1680. The lowest BCUT2D eigenvalue weighted by atomic mass is 9.96. The molecular formula is C35H35N3O6. The number of aliphatic carboxylic acids is 1. The molecule has 1 aliphatic heterocycles. The summed E-state index contributed by atoms with van der Waals surface area (Å²) in [5.41, 5.74) is 7.44. The van der Waals surface area contributed by atoms with Crippen LogP contribution in [0.1, 0.15) is 46.2 Å². The van der Waals surface area contributed by atoms with Gasteiger partial charge in [-0.05, 0) is 78.9 Å². The first-order chi connectivity index (χ1) is 21.4. The third-order valence-electron chi connectivity index (χ3n) is 7.42. The molecule has 0 unspecified atom stereocenters. The normalized spacial score (nSPS) is 11.9. The maximum absolute atomic E-state index is 10.9. The van der Waals surface area contributed by atoms with Gasteiger partial charge in [-0.3, -0.25) is 9.78 Å². The Labute approximate surface area is 257 Å². The SMILES string of the molecule is Cc1cc(CNCCCC(=O)O)c(OCc2cncc(C#N)c2)cc1OCc1cccc(-c2ccc3c(c2)OCCO3)c1C. The lowest BCUT2D eigenvalue weighted by molar-refractivity contribution is -0.137. The molecule has 0 amide bonds. The summed E-state index contributed by atoms with van der Waals surface area (Å²) in [6, 6.07) is 20.0. The Kier molecular flexibility index (Phi) is 9.95. The highest BCUT2D eigenvalue weighted by molar-refractivity contribution is 5.71. The summed E-state index contributed by atoms with van der Waals surface area (Å²) in [6.07, 6.45) is 3.83. The van der Waals surface area contributed by atoms with Crippen LogP contribution in [0.5, 0.6) is 23.0 Å². The summed E-state index contributed by atoms with van der Waals surface area (Å²) >= 11 is 0. The van der Waals surface area contributed by atoms with Crippen molar-refractivity contribution in [2.75, 3.05) is 19.8 Å². The third kappa shape index (κ3) is 7.65. The van der Waals surface area contributed by atoms with Gasteiger partial charge in [-0.2, -0.15) is 5.26 Å². The van der Waals surface area contributed by atoms with Gasteiger partial charge < -0.3 is 29.4 Å². The van der Waals surface area contributed by atoms with Crippen LogP contribution in [0.3, 0.4) is 0 Å². The molecule has 0 bridgehead atoms. The number of nitrogens with one attached hydrogen (secondary N) is 1. The molecule has 3 aromatic carbocycles. The first-order valence-corrected chi connectivity index (χ1v) is 14.6. The molecule has 0 saturated carbocycles. The molecule has 44 heavy (non-hydrogen) atoms. The molecule has 0 aliphatic carbocycles. The summed E-state index contributed by atoms with van der Waals surface area (Å²) in [4.78, 5) is 15.0. The number of hydrogen-bond donors (Lipinski definition) is 2. The van der Waals surface area contributed by atoms with Crippen LogP contribution >= 0.6 is 0 Å². The van der Waals surface area contributed by atoms with Crippen LogP contribution in [0, 0.1) is 25.2 Å². The van der Waals surface area contributed by atoms with E-state index in [1.165, 1.54) is 6.20 Å². The van der Waals surface area contributed by atoms with Gasteiger partial charge in [0.05, 0.1) is 5.56 Å². The zero-order valence-electron chi connectivity index (χ0n) is 24.9. The number of nitrogens with zero attached hydrogens (tertiary/aromatic N) is 2. The summed E-state index contributed by atoms with van der Waals surface area (Å²) in [7, 11) is 0. The van der Waals surface area contributed by atoms with Gasteiger partial charge in [0, 0.05) is 42.6 Å². The topological polar surface area (TPSA) is 123 Å². The average Bonchev–Trinajstić information content (AvgIpc) is 3.04. The van der Waals surface area contributed by atoms with E-state index in [1.54, 1.807) is 12.3 Å². The van der Waals surface area contributed by atoms with Crippen molar-refractivity contribution in [3.63, 3.8) is 0 Å². The number of benzene rings is 3. The molecule has 226 valence electrons. The quantitative estimate of drug-likeness (QED) is 0.177. The number of carbonyl (C=O) groups is 1. The number of ether oxygens (including phenoxy) is 4. The van der Waals surface area contributed by atoms with Crippen LogP contribution in [0.4, 0.5) is 0 Å². The lowest BCUT2D eigenvalue weighted by Gasteiger charge is -2.20. The lowest BCUT2D eigenvalue weighted by Crippen LogP contribution is -2.17. The molecule has 0 radical (unpaired) electrons. The zero-order chi connectivity index (χ0) is 30.9. The molecule has 1 aliphatic rings. The number of nitriles is 1. The van der Waals surface area contributed by atoms with Crippen LogP contribution in [-0.2, 0) is 24.6 Å². The molecule has 2 N–H and O–H groups in total. The van der Waals surface area contributed by atoms with E-state index < -0.39 is 5.97 Å². The van der Waals surface area contributed by atoms with Gasteiger partial charge in [0.15, 0.2) is 11.5 Å². The summed E-state index contributed by atoms with van der Waals surface area (Å²) in [5, 5.41) is 21.5. The number of carboxylic acids is 1. The van der Waals surface area contributed by atoms with E-state index in [9.17, 15) is 10.1 Å². The predicted octanol–water partition coefficient (Wildman–Crippen LogP) is 6.12. The van der Waals surface area contributed by atoms with Crippen molar-refractivity contribution in [3.8, 4) is 40.2 Å². The number of fused-ring (bicyclic) bond motifs is 1. The molecule has 0 spiro atoms. The van der Waals surface area contributed by atoms with Crippen LogP contribution in [0.15, 0.2) is 67.0 Å². The molecule has 9 nitrogen and oxygen atoms in total. The number of hydrogen-bond acceptors (Lipinski definition) is 8. The fourth-order valence-corrected chi connectivity index (χ4v) is 5.05. The van der Waals surface area contributed by atoms with Crippen LogP contribution in [0.25, 0.3) is 11.1 Å². The molecule has 0 fully saturated rings. The molecule has 4 aromatic rings. The van der Waals surface area contributed by atoms with E-state index in [2.05, 4.69) is 35.4 Å². The number of aromatic nitrogens is 1. The fourth-order valence-electron chi connectivity index (χ4n) is 5.05. The van der Waals surface area contributed by atoms with Crippen molar-refractivity contribution < 1.29 is 28.8 Å². The number of rotatable bonds is 13.